The maximum absolute atomic E-state index is 10.7. The molecule has 0 bridgehead atoms. The molecule has 0 amide bonds. The lowest BCUT2D eigenvalue weighted by Gasteiger charge is -2.31. The Labute approximate surface area is 139 Å². The Bertz CT molecular complexity index is 707. The van der Waals surface area contributed by atoms with Gasteiger partial charge in [-0.15, -0.1) is 0 Å². The first-order valence-corrected chi connectivity index (χ1v) is 7.77. The zero-order valence-corrected chi connectivity index (χ0v) is 13.3. The number of anilines is 1. The smallest absolute Gasteiger partial charge is 0.305 e. The third-order valence-electron chi connectivity index (χ3n) is 3.60. The van der Waals surface area contributed by atoms with Crippen LogP contribution in [0.1, 0.15) is 13.3 Å². The van der Waals surface area contributed by atoms with Gasteiger partial charge >= 0.3 is 5.69 Å². The molecule has 0 aliphatic carbocycles. The highest BCUT2D eigenvalue weighted by molar-refractivity contribution is 5.41. The third-order valence-corrected chi connectivity index (χ3v) is 3.60. The summed E-state index contributed by atoms with van der Waals surface area (Å²) in [6.07, 6.45) is 3.17. The Morgan fingerprint density at radius 3 is 2.67 bits per heavy atom. The van der Waals surface area contributed by atoms with Gasteiger partial charge in [0, 0.05) is 6.54 Å². The lowest BCUT2D eigenvalue weighted by molar-refractivity contribution is -0.385. The van der Waals surface area contributed by atoms with Crippen LogP contribution in [0.2, 0.25) is 0 Å². The van der Waals surface area contributed by atoms with E-state index >= 15 is 0 Å². The molecule has 126 valence electrons. The van der Waals surface area contributed by atoms with Crippen LogP contribution in [0.4, 0.5) is 11.6 Å². The van der Waals surface area contributed by atoms with Gasteiger partial charge in [0.15, 0.2) is 17.6 Å². The van der Waals surface area contributed by atoms with Crippen molar-refractivity contribution in [3.05, 3.63) is 46.8 Å². The van der Waals surface area contributed by atoms with Gasteiger partial charge in [-0.3, -0.25) is 10.1 Å². The molecule has 0 saturated heterocycles. The maximum atomic E-state index is 10.7. The lowest BCUT2D eigenvalue weighted by atomic mass is 10.2. The fourth-order valence-corrected chi connectivity index (χ4v) is 2.51. The SMILES string of the molecule is CCCN(CC1COc2ccccc2O1)c1ncc([N+](=O)[O-])cn1. The largest absolute Gasteiger partial charge is 0.486 e. The molecular formula is C16H18N4O4. The molecule has 1 atom stereocenters. The van der Waals surface area contributed by atoms with Gasteiger partial charge in [-0.2, -0.15) is 0 Å². The number of nitrogens with zero attached hydrogens (tertiary/aromatic N) is 4. The van der Waals surface area contributed by atoms with Crippen LogP contribution in [0, 0.1) is 10.1 Å². The molecule has 0 saturated carbocycles. The number of nitro groups is 1. The summed E-state index contributed by atoms with van der Waals surface area (Å²) >= 11 is 0. The summed E-state index contributed by atoms with van der Waals surface area (Å²) in [6, 6.07) is 7.53. The number of fused-ring (bicyclic) bond motifs is 1. The molecule has 0 N–H and O–H groups in total. The molecule has 2 aromatic rings. The third kappa shape index (κ3) is 3.53. The maximum Gasteiger partial charge on any atom is 0.305 e. The van der Waals surface area contributed by atoms with Gasteiger partial charge in [0.25, 0.3) is 0 Å². The Morgan fingerprint density at radius 1 is 1.29 bits per heavy atom. The lowest BCUT2D eigenvalue weighted by Crippen LogP contribution is -2.42. The molecule has 24 heavy (non-hydrogen) atoms. The summed E-state index contributed by atoms with van der Waals surface area (Å²) in [4.78, 5) is 20.4. The van der Waals surface area contributed by atoms with Gasteiger partial charge in [-0.25, -0.2) is 9.97 Å². The summed E-state index contributed by atoms with van der Waals surface area (Å²) in [5.74, 6) is 1.90. The number of aromatic nitrogens is 2. The number of para-hydroxylation sites is 2. The van der Waals surface area contributed by atoms with Crippen LogP contribution in [-0.4, -0.2) is 40.7 Å². The van der Waals surface area contributed by atoms with Crippen LogP contribution >= 0.6 is 0 Å². The van der Waals surface area contributed by atoms with E-state index in [0.29, 0.717) is 19.1 Å². The molecule has 1 aromatic heterocycles. The molecule has 8 nitrogen and oxygen atoms in total. The number of rotatable bonds is 6. The fraction of sp³-hybridized carbons (Fsp3) is 0.375. The first-order chi connectivity index (χ1) is 11.7. The Morgan fingerprint density at radius 2 is 2.00 bits per heavy atom. The highest BCUT2D eigenvalue weighted by atomic mass is 16.6. The predicted molar refractivity (Wildman–Crippen MR) is 87.5 cm³/mol. The van der Waals surface area contributed by atoms with Crippen molar-refractivity contribution in [3.63, 3.8) is 0 Å². The zero-order valence-electron chi connectivity index (χ0n) is 13.3. The number of ether oxygens (including phenoxy) is 2. The average Bonchev–Trinajstić information content (AvgIpc) is 2.61. The van der Waals surface area contributed by atoms with E-state index in [4.69, 9.17) is 9.47 Å². The van der Waals surface area contributed by atoms with Crippen LogP contribution in [0.5, 0.6) is 11.5 Å². The first kappa shape index (κ1) is 16.0. The summed E-state index contributed by atoms with van der Waals surface area (Å²) in [6.45, 7) is 3.75. The topological polar surface area (TPSA) is 90.6 Å². The van der Waals surface area contributed by atoms with E-state index in [0.717, 1.165) is 24.5 Å². The molecule has 1 unspecified atom stereocenters. The normalized spacial score (nSPS) is 15.8. The Hall–Kier alpha value is -2.90. The van der Waals surface area contributed by atoms with Crippen LogP contribution in [0.3, 0.4) is 0 Å². The predicted octanol–water partition coefficient (Wildman–Crippen LogP) is 2.44. The van der Waals surface area contributed by atoms with Crippen molar-refractivity contribution in [3.8, 4) is 11.5 Å². The van der Waals surface area contributed by atoms with Crippen molar-refractivity contribution in [2.75, 3.05) is 24.6 Å². The van der Waals surface area contributed by atoms with Gasteiger partial charge in [0.2, 0.25) is 5.95 Å². The van der Waals surface area contributed by atoms with Gasteiger partial charge in [-0.1, -0.05) is 19.1 Å². The van der Waals surface area contributed by atoms with Crippen LogP contribution < -0.4 is 14.4 Å². The van der Waals surface area contributed by atoms with Crippen molar-refractivity contribution < 1.29 is 14.4 Å². The van der Waals surface area contributed by atoms with E-state index in [9.17, 15) is 10.1 Å². The molecule has 1 aromatic carbocycles. The minimum atomic E-state index is -0.511. The average molecular weight is 330 g/mol. The number of hydrogen-bond donors (Lipinski definition) is 0. The van der Waals surface area contributed by atoms with Gasteiger partial charge in [0.05, 0.1) is 11.5 Å². The minimum absolute atomic E-state index is 0.124. The number of hydrogen-bond acceptors (Lipinski definition) is 7. The standard InChI is InChI=1S/C16H18N4O4/c1-2-7-19(16-17-8-12(9-18-16)20(21)22)10-13-11-23-14-5-3-4-6-15(14)24-13/h3-6,8-9,13H,2,7,10-11H2,1H3. The van der Waals surface area contributed by atoms with Crippen LogP contribution in [0.25, 0.3) is 0 Å². The number of benzene rings is 1. The molecule has 8 heteroatoms. The quantitative estimate of drug-likeness (QED) is 0.593. The first-order valence-electron chi connectivity index (χ1n) is 7.77. The highest BCUT2D eigenvalue weighted by Gasteiger charge is 2.24. The molecule has 1 aliphatic heterocycles. The van der Waals surface area contributed by atoms with Crippen molar-refractivity contribution in [2.45, 2.75) is 19.4 Å². The summed E-state index contributed by atoms with van der Waals surface area (Å²) in [7, 11) is 0. The van der Waals surface area contributed by atoms with Crippen molar-refractivity contribution in [1.29, 1.82) is 0 Å². The van der Waals surface area contributed by atoms with E-state index in [2.05, 4.69) is 9.97 Å². The Balaban J connectivity index is 1.71. The van der Waals surface area contributed by atoms with Crippen LogP contribution in [0.15, 0.2) is 36.7 Å². The van der Waals surface area contributed by atoms with E-state index in [1.165, 1.54) is 12.4 Å². The van der Waals surface area contributed by atoms with E-state index < -0.39 is 4.92 Å². The van der Waals surface area contributed by atoms with Gasteiger partial charge in [0.1, 0.15) is 19.0 Å². The monoisotopic (exact) mass is 330 g/mol. The molecule has 2 heterocycles. The second-order valence-corrected chi connectivity index (χ2v) is 5.44. The molecule has 0 fully saturated rings. The second kappa shape index (κ2) is 7.12. The van der Waals surface area contributed by atoms with Crippen molar-refractivity contribution in [1.82, 2.24) is 9.97 Å². The van der Waals surface area contributed by atoms with Crippen molar-refractivity contribution >= 4 is 11.6 Å². The fourth-order valence-electron chi connectivity index (χ4n) is 2.51. The van der Waals surface area contributed by atoms with E-state index in [1.54, 1.807) is 0 Å². The molecule has 0 spiro atoms. The summed E-state index contributed by atoms with van der Waals surface area (Å²) in [5.41, 5.74) is -0.124. The van der Waals surface area contributed by atoms with Gasteiger partial charge < -0.3 is 14.4 Å². The second-order valence-electron chi connectivity index (χ2n) is 5.44. The van der Waals surface area contributed by atoms with Gasteiger partial charge in [-0.05, 0) is 18.6 Å². The Kier molecular flexibility index (Phi) is 4.74. The van der Waals surface area contributed by atoms with E-state index in [-0.39, 0.29) is 11.8 Å². The zero-order chi connectivity index (χ0) is 16.9. The highest BCUT2D eigenvalue weighted by Crippen LogP contribution is 2.31. The summed E-state index contributed by atoms with van der Waals surface area (Å²) < 4.78 is 11.7. The molecule has 3 rings (SSSR count). The van der Waals surface area contributed by atoms with Crippen molar-refractivity contribution in [2.24, 2.45) is 0 Å². The summed E-state index contributed by atoms with van der Waals surface area (Å²) in [5, 5.41) is 10.7. The molecule has 0 radical (unpaired) electrons. The minimum Gasteiger partial charge on any atom is -0.486 e. The molecule has 1 aliphatic rings. The van der Waals surface area contributed by atoms with E-state index in [1.807, 2.05) is 36.1 Å². The van der Waals surface area contributed by atoms with Crippen LogP contribution in [-0.2, 0) is 0 Å². The molecular weight excluding hydrogens is 312 g/mol.